The monoisotopic (exact) mass is 433 g/mol. The molecule has 3 aromatic rings. The van der Waals surface area contributed by atoms with Crippen LogP contribution in [0.1, 0.15) is 47.7 Å². The zero-order valence-electron chi connectivity index (χ0n) is 18.8. The number of amides is 1. The standard InChI is InChI=1S/C27H31NO4/c1-3-4-8-16-32-25-13-9-12-23-21(17-22(27(30)31)18-24(23)25)19-26(29)28(2)15-14-20-10-6-5-7-11-20/h5-7,9-13,17-18H,3-4,8,14-16,19H2,1-2H3,(H,30,31). The average Bonchev–Trinajstić information content (AvgIpc) is 2.80. The fraction of sp³-hybridized carbons (Fsp3) is 0.333. The topological polar surface area (TPSA) is 66.8 Å². The first kappa shape index (κ1) is 23.3. The Kier molecular flexibility index (Phi) is 8.26. The molecule has 0 aliphatic heterocycles. The van der Waals surface area contributed by atoms with Crippen molar-refractivity contribution < 1.29 is 19.4 Å². The van der Waals surface area contributed by atoms with Gasteiger partial charge in [0.2, 0.25) is 5.91 Å². The first-order valence-corrected chi connectivity index (χ1v) is 11.2. The number of unbranched alkanes of at least 4 members (excludes halogenated alkanes) is 2. The summed E-state index contributed by atoms with van der Waals surface area (Å²) in [6, 6.07) is 19.0. The molecule has 0 unspecified atom stereocenters. The van der Waals surface area contributed by atoms with Crippen molar-refractivity contribution in [3.63, 3.8) is 0 Å². The highest BCUT2D eigenvalue weighted by atomic mass is 16.5. The number of hydrogen-bond acceptors (Lipinski definition) is 3. The fourth-order valence-corrected chi connectivity index (χ4v) is 3.73. The predicted octanol–water partition coefficient (Wildman–Crippen LogP) is 5.35. The van der Waals surface area contributed by atoms with E-state index in [9.17, 15) is 14.7 Å². The Balaban J connectivity index is 1.81. The molecular formula is C27H31NO4. The molecular weight excluding hydrogens is 402 g/mol. The van der Waals surface area contributed by atoms with Gasteiger partial charge in [-0.15, -0.1) is 0 Å². The van der Waals surface area contributed by atoms with Crippen LogP contribution in [0, 0.1) is 0 Å². The maximum Gasteiger partial charge on any atom is 0.335 e. The minimum absolute atomic E-state index is 0.0426. The summed E-state index contributed by atoms with van der Waals surface area (Å²) in [5, 5.41) is 11.2. The number of nitrogens with zero attached hydrogens (tertiary/aromatic N) is 1. The van der Waals surface area contributed by atoms with Crippen LogP contribution in [0.15, 0.2) is 60.7 Å². The molecule has 0 saturated carbocycles. The van der Waals surface area contributed by atoms with E-state index >= 15 is 0 Å². The fourth-order valence-electron chi connectivity index (χ4n) is 3.73. The Labute approximate surface area is 189 Å². The zero-order chi connectivity index (χ0) is 22.9. The predicted molar refractivity (Wildman–Crippen MR) is 127 cm³/mol. The van der Waals surface area contributed by atoms with E-state index in [1.165, 1.54) is 5.56 Å². The molecule has 0 aliphatic carbocycles. The molecule has 1 N–H and O–H groups in total. The summed E-state index contributed by atoms with van der Waals surface area (Å²) in [6.07, 6.45) is 4.05. The van der Waals surface area contributed by atoms with Crippen molar-refractivity contribution >= 4 is 22.6 Å². The van der Waals surface area contributed by atoms with Gasteiger partial charge in [-0.1, -0.05) is 62.2 Å². The molecule has 3 aromatic carbocycles. The molecule has 0 atom stereocenters. The molecule has 32 heavy (non-hydrogen) atoms. The van der Waals surface area contributed by atoms with Gasteiger partial charge in [0, 0.05) is 19.0 Å². The molecule has 0 radical (unpaired) electrons. The minimum atomic E-state index is -1.01. The number of ether oxygens (including phenoxy) is 1. The summed E-state index contributed by atoms with van der Waals surface area (Å²) < 4.78 is 5.96. The number of hydrogen-bond donors (Lipinski definition) is 1. The summed E-state index contributed by atoms with van der Waals surface area (Å²) >= 11 is 0. The van der Waals surface area contributed by atoms with Crippen molar-refractivity contribution in [3.8, 4) is 5.75 Å². The first-order valence-electron chi connectivity index (χ1n) is 11.2. The number of likely N-dealkylation sites (N-methyl/N-ethyl adjacent to an activating group) is 1. The van der Waals surface area contributed by atoms with Crippen LogP contribution in [0.4, 0.5) is 0 Å². The first-order chi connectivity index (χ1) is 15.5. The summed E-state index contributed by atoms with van der Waals surface area (Å²) in [6.45, 7) is 3.32. The van der Waals surface area contributed by atoms with Gasteiger partial charge < -0.3 is 14.7 Å². The van der Waals surface area contributed by atoms with Crippen LogP contribution in [0.5, 0.6) is 5.75 Å². The lowest BCUT2D eigenvalue weighted by atomic mass is 9.97. The Morgan fingerprint density at radius 1 is 0.969 bits per heavy atom. The molecule has 5 nitrogen and oxygen atoms in total. The summed E-state index contributed by atoms with van der Waals surface area (Å²) in [7, 11) is 1.79. The van der Waals surface area contributed by atoms with E-state index < -0.39 is 5.97 Å². The highest BCUT2D eigenvalue weighted by Crippen LogP contribution is 2.30. The van der Waals surface area contributed by atoms with Crippen LogP contribution >= 0.6 is 0 Å². The van der Waals surface area contributed by atoms with Gasteiger partial charge in [-0.2, -0.15) is 0 Å². The van der Waals surface area contributed by atoms with Gasteiger partial charge in [-0.3, -0.25) is 4.79 Å². The van der Waals surface area contributed by atoms with Gasteiger partial charge >= 0.3 is 5.97 Å². The highest BCUT2D eigenvalue weighted by molar-refractivity contribution is 6.00. The largest absolute Gasteiger partial charge is 0.493 e. The van der Waals surface area contributed by atoms with Gasteiger partial charge in [0.15, 0.2) is 0 Å². The van der Waals surface area contributed by atoms with Crippen LogP contribution in [0.2, 0.25) is 0 Å². The maximum absolute atomic E-state index is 12.9. The van der Waals surface area contributed by atoms with Gasteiger partial charge in [0.1, 0.15) is 5.75 Å². The smallest absolute Gasteiger partial charge is 0.335 e. The van der Waals surface area contributed by atoms with Gasteiger partial charge in [0.05, 0.1) is 18.6 Å². The van der Waals surface area contributed by atoms with Gasteiger partial charge in [0.25, 0.3) is 0 Å². The lowest BCUT2D eigenvalue weighted by Gasteiger charge is -2.19. The van der Waals surface area contributed by atoms with Crippen LogP contribution in [-0.2, 0) is 17.6 Å². The Hall–Kier alpha value is -3.34. The van der Waals surface area contributed by atoms with Gasteiger partial charge in [-0.25, -0.2) is 4.79 Å². The Morgan fingerprint density at radius 3 is 2.47 bits per heavy atom. The molecule has 5 heteroatoms. The van der Waals surface area contributed by atoms with Gasteiger partial charge in [-0.05, 0) is 47.6 Å². The van der Waals surface area contributed by atoms with Crippen LogP contribution in [-0.4, -0.2) is 42.1 Å². The lowest BCUT2D eigenvalue weighted by Crippen LogP contribution is -2.30. The molecule has 0 bridgehead atoms. The third-order valence-corrected chi connectivity index (χ3v) is 5.64. The molecule has 3 rings (SSSR count). The molecule has 0 aromatic heterocycles. The molecule has 0 heterocycles. The number of carbonyl (C=O) groups excluding carboxylic acids is 1. The molecule has 0 aliphatic rings. The normalized spacial score (nSPS) is 10.8. The summed E-state index contributed by atoms with van der Waals surface area (Å²) in [5.41, 5.74) is 2.04. The second-order valence-electron chi connectivity index (χ2n) is 8.08. The molecule has 0 saturated heterocycles. The van der Waals surface area contributed by atoms with Crippen LogP contribution < -0.4 is 4.74 Å². The second-order valence-corrected chi connectivity index (χ2v) is 8.08. The summed E-state index contributed by atoms with van der Waals surface area (Å²) in [5.74, 6) is -0.398. The van der Waals surface area contributed by atoms with E-state index in [4.69, 9.17) is 4.74 Å². The number of carboxylic acid groups (broad SMARTS) is 1. The second kappa shape index (κ2) is 11.3. The number of carboxylic acids is 1. The van der Waals surface area contributed by atoms with Crippen LogP contribution in [0.25, 0.3) is 10.8 Å². The third kappa shape index (κ3) is 6.10. The SMILES string of the molecule is CCCCCOc1cccc2c(CC(=O)N(C)CCc3ccccc3)cc(C(=O)O)cc12. The zero-order valence-corrected chi connectivity index (χ0v) is 18.8. The van der Waals surface area contributed by atoms with Crippen LogP contribution in [0.3, 0.4) is 0 Å². The summed E-state index contributed by atoms with van der Waals surface area (Å²) in [4.78, 5) is 26.4. The quantitative estimate of drug-likeness (QED) is 0.414. The Morgan fingerprint density at radius 2 is 1.75 bits per heavy atom. The average molecular weight is 434 g/mol. The van der Waals surface area contributed by atoms with Crippen molar-refractivity contribution in [2.45, 2.75) is 39.0 Å². The van der Waals surface area contributed by atoms with Crippen molar-refractivity contribution in [2.75, 3.05) is 20.2 Å². The maximum atomic E-state index is 12.9. The molecule has 1 amide bonds. The number of carbonyl (C=O) groups is 2. The van der Waals surface area contributed by atoms with E-state index in [0.717, 1.165) is 36.5 Å². The minimum Gasteiger partial charge on any atom is -0.493 e. The lowest BCUT2D eigenvalue weighted by molar-refractivity contribution is -0.129. The van der Waals surface area contributed by atoms with Crippen molar-refractivity contribution in [1.82, 2.24) is 4.90 Å². The molecule has 0 spiro atoms. The number of rotatable bonds is 11. The molecule has 168 valence electrons. The van der Waals surface area contributed by atoms with E-state index in [1.807, 2.05) is 48.5 Å². The third-order valence-electron chi connectivity index (χ3n) is 5.64. The Bertz CT molecular complexity index is 1060. The number of aromatic carboxylic acids is 1. The molecule has 0 fully saturated rings. The highest BCUT2D eigenvalue weighted by Gasteiger charge is 2.17. The van der Waals surface area contributed by atoms with Crippen molar-refractivity contribution in [2.24, 2.45) is 0 Å². The van der Waals surface area contributed by atoms with Crippen molar-refractivity contribution in [1.29, 1.82) is 0 Å². The van der Waals surface area contributed by atoms with Crippen molar-refractivity contribution in [3.05, 3.63) is 77.4 Å². The van der Waals surface area contributed by atoms with E-state index in [0.29, 0.717) is 24.5 Å². The number of benzene rings is 3. The van der Waals surface area contributed by atoms with E-state index in [1.54, 1.807) is 24.1 Å². The number of fused-ring (bicyclic) bond motifs is 1. The van der Waals surface area contributed by atoms with E-state index in [2.05, 4.69) is 6.92 Å². The van der Waals surface area contributed by atoms with E-state index in [-0.39, 0.29) is 17.9 Å².